The Bertz CT molecular complexity index is 1660. The van der Waals surface area contributed by atoms with E-state index in [-0.39, 0.29) is 5.78 Å². The Hall–Kier alpha value is -3.97. The molecule has 0 spiro atoms. The lowest BCUT2D eigenvalue weighted by atomic mass is 10.0. The van der Waals surface area contributed by atoms with Crippen LogP contribution in [-0.4, -0.2) is 53.9 Å². The molecular formula is C25H25N6O+. The van der Waals surface area contributed by atoms with Gasteiger partial charge in [-0.2, -0.15) is 0 Å². The fourth-order valence-electron chi connectivity index (χ4n) is 4.82. The van der Waals surface area contributed by atoms with Crippen LogP contribution in [0.2, 0.25) is 0 Å². The number of aromatic nitrogens is 4. The molecule has 0 saturated heterocycles. The first-order valence-electron chi connectivity index (χ1n) is 10.7. The Morgan fingerprint density at radius 2 is 1.31 bits per heavy atom. The van der Waals surface area contributed by atoms with Gasteiger partial charge in [0.15, 0.2) is 5.78 Å². The quantitative estimate of drug-likeness (QED) is 0.286. The van der Waals surface area contributed by atoms with Crippen molar-refractivity contribution < 1.29 is 4.79 Å². The molecule has 7 heteroatoms. The first kappa shape index (κ1) is 18.8. The van der Waals surface area contributed by atoms with Crippen LogP contribution in [0.1, 0.15) is 11.4 Å². The van der Waals surface area contributed by atoms with Crippen LogP contribution in [0, 0.1) is 0 Å². The van der Waals surface area contributed by atoms with Crippen molar-refractivity contribution in [1.29, 1.82) is 0 Å². The summed E-state index contributed by atoms with van der Waals surface area (Å²) in [6, 6.07) is 12.1. The average Bonchev–Trinajstić information content (AvgIpc) is 3.54. The molecule has 5 N–H and O–H groups in total. The van der Waals surface area contributed by atoms with Crippen molar-refractivity contribution in [3.8, 4) is 0 Å². The van der Waals surface area contributed by atoms with Crippen molar-refractivity contribution in [3.05, 3.63) is 70.6 Å². The first-order valence-corrected chi connectivity index (χ1v) is 10.7. The number of Topliss-reactive ketones (excluding diaryl/α,β-unsaturated/α-hetero) is 1. The molecule has 6 rings (SSSR count). The van der Waals surface area contributed by atoms with Crippen LogP contribution >= 0.6 is 0 Å². The van der Waals surface area contributed by atoms with Crippen LogP contribution in [0.15, 0.2) is 48.8 Å². The Kier molecular flexibility index (Phi) is 3.68. The third-order valence-electron chi connectivity index (χ3n) is 6.38. The molecular weight excluding hydrogens is 400 g/mol. The molecule has 0 bridgehead atoms. The molecule has 0 unspecified atom stereocenters. The van der Waals surface area contributed by atoms with Gasteiger partial charge in [-0.25, -0.2) is 0 Å². The largest absolute Gasteiger partial charge is 0.375 e. The smallest absolute Gasteiger partial charge is 0.205 e. The topological polar surface area (TPSA) is 92.3 Å². The molecule has 7 nitrogen and oxygen atoms in total. The summed E-state index contributed by atoms with van der Waals surface area (Å²) in [6.45, 7) is 0. The van der Waals surface area contributed by atoms with E-state index in [1.165, 1.54) is 0 Å². The highest BCUT2D eigenvalue weighted by Crippen LogP contribution is 2.30. The number of carbonyl (C=O) groups excluding carboxylic acids is 1. The highest BCUT2D eigenvalue weighted by atomic mass is 16.1. The van der Waals surface area contributed by atoms with E-state index in [1.54, 1.807) is 0 Å². The van der Waals surface area contributed by atoms with Gasteiger partial charge >= 0.3 is 0 Å². The number of carbonyl (C=O) groups is 1. The summed E-state index contributed by atoms with van der Waals surface area (Å²) in [5.74, 6) is 1.92. The van der Waals surface area contributed by atoms with Gasteiger partial charge in [-0.05, 0) is 30.3 Å². The van der Waals surface area contributed by atoms with Gasteiger partial charge in [-0.15, -0.1) is 0 Å². The van der Waals surface area contributed by atoms with Crippen molar-refractivity contribution in [2.75, 3.05) is 33.5 Å². The lowest BCUT2D eigenvalue weighted by Crippen LogP contribution is -2.35. The minimum absolute atomic E-state index is 0.0114. The molecule has 1 aliphatic carbocycles. The SMILES string of the molecule is CNc1ccc(C2=c3c(c4[nH]ccc4c4cc[nH]c34)=C(c3ccc([N+](C)(C)C)[nH]3)C2=O)[nH]1. The zero-order valence-corrected chi connectivity index (χ0v) is 18.5. The van der Waals surface area contributed by atoms with E-state index in [0.29, 0.717) is 15.6 Å². The molecule has 0 saturated carbocycles. The van der Waals surface area contributed by atoms with Gasteiger partial charge in [0.05, 0.1) is 54.7 Å². The summed E-state index contributed by atoms with van der Waals surface area (Å²) in [4.78, 5) is 27.8. The second-order valence-corrected chi connectivity index (χ2v) is 9.17. The van der Waals surface area contributed by atoms with Crippen molar-refractivity contribution in [1.82, 2.24) is 24.4 Å². The van der Waals surface area contributed by atoms with Gasteiger partial charge in [-0.1, -0.05) is 0 Å². The molecule has 0 atom stereocenters. The van der Waals surface area contributed by atoms with Crippen LogP contribution in [0.3, 0.4) is 0 Å². The van der Waals surface area contributed by atoms with Gasteiger partial charge < -0.3 is 25.3 Å². The number of ketones is 1. The third-order valence-corrected chi connectivity index (χ3v) is 6.38. The minimum Gasteiger partial charge on any atom is -0.375 e. The van der Waals surface area contributed by atoms with E-state index in [2.05, 4.69) is 64.6 Å². The van der Waals surface area contributed by atoms with Crippen LogP contribution < -0.4 is 20.2 Å². The van der Waals surface area contributed by atoms with Crippen LogP contribution in [-0.2, 0) is 4.79 Å². The van der Waals surface area contributed by atoms with E-state index < -0.39 is 0 Å². The number of nitrogens with zero attached hydrogens (tertiary/aromatic N) is 1. The zero-order chi connectivity index (χ0) is 22.2. The first-order chi connectivity index (χ1) is 15.4. The molecule has 160 valence electrons. The fraction of sp³-hybridized carbons (Fsp3) is 0.160. The number of hydrogen-bond donors (Lipinski definition) is 5. The number of rotatable bonds is 4. The molecule has 1 aromatic carbocycles. The molecule has 4 heterocycles. The number of aromatic amines is 4. The summed E-state index contributed by atoms with van der Waals surface area (Å²) in [6.07, 6.45) is 3.88. The summed E-state index contributed by atoms with van der Waals surface area (Å²) in [7, 11) is 8.17. The lowest BCUT2D eigenvalue weighted by Gasteiger charge is -2.20. The highest BCUT2D eigenvalue weighted by molar-refractivity contribution is 6.44. The maximum absolute atomic E-state index is 14.1. The fourth-order valence-corrected chi connectivity index (χ4v) is 4.82. The lowest BCUT2D eigenvalue weighted by molar-refractivity contribution is -0.108. The second kappa shape index (κ2) is 6.27. The number of quaternary nitrogens is 1. The monoisotopic (exact) mass is 425 g/mol. The maximum atomic E-state index is 14.1. The van der Waals surface area contributed by atoms with Gasteiger partial charge in [0, 0.05) is 46.7 Å². The van der Waals surface area contributed by atoms with Gasteiger partial charge in [0.1, 0.15) is 5.82 Å². The summed E-state index contributed by atoms with van der Waals surface area (Å²) >= 11 is 0. The van der Waals surface area contributed by atoms with E-state index in [0.717, 1.165) is 55.3 Å². The number of nitrogens with one attached hydrogen (secondary N) is 5. The predicted octanol–water partition coefficient (Wildman–Crippen LogP) is 2.52. The molecule has 0 radical (unpaired) electrons. The van der Waals surface area contributed by atoms with Crippen molar-refractivity contribution in [2.45, 2.75) is 0 Å². The predicted molar refractivity (Wildman–Crippen MR) is 130 cm³/mol. The van der Waals surface area contributed by atoms with E-state index in [4.69, 9.17) is 0 Å². The number of hydrogen-bond acceptors (Lipinski definition) is 2. The van der Waals surface area contributed by atoms with Crippen molar-refractivity contribution in [3.63, 3.8) is 0 Å². The summed E-state index contributed by atoms with van der Waals surface area (Å²) in [5, 5.41) is 7.20. The number of benzene rings is 1. The molecule has 0 fully saturated rings. The summed E-state index contributed by atoms with van der Waals surface area (Å²) in [5.41, 5.74) is 4.96. The standard InChI is InChI=1S/C25H24N6O/c1-26-17-7-5-15(29-17)19-21-22(24-14(10-12-28-24)13-9-11-27-23(13)21)20(25(19)32)16-6-8-18(30-16)31(2,3)4/h5-12H,1-4H3,(H4-,26,27,28,29,30,32)/p+1. The van der Waals surface area contributed by atoms with E-state index in [9.17, 15) is 4.79 Å². The van der Waals surface area contributed by atoms with Gasteiger partial charge in [0.25, 0.3) is 0 Å². The molecule has 4 aromatic heterocycles. The Morgan fingerprint density at radius 3 is 1.81 bits per heavy atom. The Labute approximate surface area is 184 Å². The normalized spacial score (nSPS) is 14.2. The van der Waals surface area contributed by atoms with Crippen LogP contribution in [0.5, 0.6) is 0 Å². The average molecular weight is 426 g/mol. The van der Waals surface area contributed by atoms with Crippen molar-refractivity contribution in [2.24, 2.45) is 0 Å². The van der Waals surface area contributed by atoms with Crippen LogP contribution in [0.4, 0.5) is 11.6 Å². The van der Waals surface area contributed by atoms with E-state index >= 15 is 0 Å². The molecule has 5 aromatic rings. The van der Waals surface area contributed by atoms with Gasteiger partial charge in [-0.3, -0.25) is 9.28 Å². The summed E-state index contributed by atoms with van der Waals surface area (Å²) < 4.78 is 0.640. The van der Waals surface area contributed by atoms with Crippen molar-refractivity contribution >= 4 is 50.4 Å². The highest BCUT2D eigenvalue weighted by Gasteiger charge is 2.31. The Balaban J connectivity index is 1.81. The third kappa shape index (κ3) is 2.42. The molecule has 1 aliphatic rings. The zero-order valence-electron chi connectivity index (χ0n) is 18.5. The molecule has 0 amide bonds. The molecule has 0 aliphatic heterocycles. The van der Waals surface area contributed by atoms with E-state index in [1.807, 2.05) is 37.6 Å². The number of fused-ring (bicyclic) bond motifs is 6. The molecule has 32 heavy (non-hydrogen) atoms. The van der Waals surface area contributed by atoms with Gasteiger partial charge in [0.2, 0.25) is 5.82 Å². The Morgan fingerprint density at radius 1 is 0.750 bits per heavy atom. The number of anilines is 1. The number of H-pyrrole nitrogens is 4. The second-order valence-electron chi connectivity index (χ2n) is 9.17. The van der Waals surface area contributed by atoms with Crippen LogP contribution in [0.25, 0.3) is 33.0 Å². The maximum Gasteiger partial charge on any atom is 0.205 e. The minimum atomic E-state index is 0.0114.